The van der Waals surface area contributed by atoms with Gasteiger partial charge in [-0.05, 0) is 42.0 Å². The highest BCUT2D eigenvalue weighted by atomic mass is 35.5. The molecule has 5 nitrogen and oxygen atoms in total. The zero-order valence-electron chi connectivity index (χ0n) is 11.8. The predicted octanol–water partition coefficient (Wildman–Crippen LogP) is 3.46. The first kappa shape index (κ1) is 15.2. The highest BCUT2D eigenvalue weighted by Crippen LogP contribution is 2.17. The Morgan fingerprint density at radius 2 is 1.83 bits per heavy atom. The molecule has 2 aromatic carbocycles. The van der Waals surface area contributed by atoms with Crippen LogP contribution < -0.4 is 5.32 Å². The van der Waals surface area contributed by atoms with E-state index >= 15 is 0 Å². The lowest BCUT2D eigenvalue weighted by atomic mass is 10.2. The van der Waals surface area contributed by atoms with E-state index in [2.05, 4.69) is 15.5 Å². The molecule has 0 aliphatic carbocycles. The van der Waals surface area contributed by atoms with Crippen molar-refractivity contribution in [3.63, 3.8) is 0 Å². The van der Waals surface area contributed by atoms with E-state index in [1.165, 1.54) is 24.3 Å². The van der Waals surface area contributed by atoms with Gasteiger partial charge in [0.15, 0.2) is 0 Å². The molecular formula is C16H11ClFN3O2. The Morgan fingerprint density at radius 3 is 2.52 bits per heavy atom. The minimum Gasteiger partial charge on any atom is -0.345 e. The van der Waals surface area contributed by atoms with Crippen molar-refractivity contribution in [2.45, 2.75) is 6.54 Å². The van der Waals surface area contributed by atoms with Crippen molar-refractivity contribution in [1.82, 2.24) is 15.5 Å². The molecule has 1 amide bonds. The van der Waals surface area contributed by atoms with Gasteiger partial charge in [0.05, 0.1) is 0 Å². The van der Waals surface area contributed by atoms with Crippen LogP contribution in [0.2, 0.25) is 5.02 Å². The number of amides is 1. The number of halogens is 2. The van der Waals surface area contributed by atoms with Gasteiger partial charge in [-0.3, -0.25) is 4.79 Å². The van der Waals surface area contributed by atoms with Crippen molar-refractivity contribution in [2.24, 2.45) is 0 Å². The van der Waals surface area contributed by atoms with Crippen molar-refractivity contribution in [3.8, 4) is 11.5 Å². The second-order valence-electron chi connectivity index (χ2n) is 4.74. The molecule has 1 heterocycles. The molecule has 0 aliphatic heterocycles. The lowest BCUT2D eigenvalue weighted by Crippen LogP contribution is -2.23. The molecule has 0 saturated carbocycles. The first-order valence-corrected chi connectivity index (χ1v) is 7.12. The Hall–Kier alpha value is -2.73. The van der Waals surface area contributed by atoms with Gasteiger partial charge in [0.25, 0.3) is 17.6 Å². The largest absolute Gasteiger partial charge is 0.345 e. The Bertz CT molecular complexity index is 816. The molecule has 0 fully saturated rings. The number of carbonyl (C=O) groups is 1. The van der Waals surface area contributed by atoms with Crippen LogP contribution in [-0.2, 0) is 6.54 Å². The minimum absolute atomic E-state index is 0.0849. The van der Waals surface area contributed by atoms with Gasteiger partial charge < -0.3 is 9.84 Å². The average molecular weight is 332 g/mol. The standard InChI is InChI=1S/C16H11ClFN3O2/c17-12-5-1-10(2-6-12)9-19-15(22)14-20-16(23-21-14)11-3-7-13(18)8-4-11/h1-8H,9H2,(H,19,22). The summed E-state index contributed by atoms with van der Waals surface area (Å²) in [6, 6.07) is 12.6. The van der Waals surface area contributed by atoms with Crippen LogP contribution in [0.1, 0.15) is 16.2 Å². The second kappa shape index (κ2) is 6.58. The molecule has 1 N–H and O–H groups in total. The van der Waals surface area contributed by atoms with E-state index in [1.807, 2.05) is 12.1 Å². The smallest absolute Gasteiger partial charge is 0.292 e. The summed E-state index contributed by atoms with van der Waals surface area (Å²) >= 11 is 5.80. The number of aromatic nitrogens is 2. The van der Waals surface area contributed by atoms with E-state index < -0.39 is 5.91 Å². The number of hydrogen-bond acceptors (Lipinski definition) is 4. The summed E-state index contributed by atoms with van der Waals surface area (Å²) in [6.45, 7) is 0.316. The van der Waals surface area contributed by atoms with E-state index in [9.17, 15) is 9.18 Å². The van der Waals surface area contributed by atoms with E-state index in [-0.39, 0.29) is 17.5 Å². The molecule has 0 unspecified atom stereocenters. The van der Waals surface area contributed by atoms with Crippen LogP contribution in [0.25, 0.3) is 11.5 Å². The van der Waals surface area contributed by atoms with E-state index in [0.29, 0.717) is 17.1 Å². The normalized spacial score (nSPS) is 10.5. The van der Waals surface area contributed by atoms with Gasteiger partial charge in [-0.1, -0.05) is 28.9 Å². The molecule has 0 saturated heterocycles. The Balaban J connectivity index is 1.66. The summed E-state index contributed by atoms with van der Waals surface area (Å²) in [5, 5.41) is 6.94. The Morgan fingerprint density at radius 1 is 1.13 bits per heavy atom. The monoisotopic (exact) mass is 331 g/mol. The van der Waals surface area contributed by atoms with Crippen molar-refractivity contribution in [1.29, 1.82) is 0 Å². The molecule has 3 rings (SSSR count). The summed E-state index contributed by atoms with van der Waals surface area (Å²) in [5.41, 5.74) is 1.43. The van der Waals surface area contributed by atoms with E-state index in [0.717, 1.165) is 5.56 Å². The molecule has 1 aromatic heterocycles. The van der Waals surface area contributed by atoms with Crippen LogP contribution >= 0.6 is 11.6 Å². The maximum absolute atomic E-state index is 12.9. The lowest BCUT2D eigenvalue weighted by molar-refractivity contribution is 0.0937. The van der Waals surface area contributed by atoms with Crippen LogP contribution in [0, 0.1) is 5.82 Å². The zero-order chi connectivity index (χ0) is 16.2. The molecular weight excluding hydrogens is 321 g/mol. The number of carbonyl (C=O) groups excluding carboxylic acids is 1. The average Bonchev–Trinajstić information content (AvgIpc) is 3.05. The van der Waals surface area contributed by atoms with Crippen molar-refractivity contribution < 1.29 is 13.7 Å². The van der Waals surface area contributed by atoms with Gasteiger partial charge >= 0.3 is 0 Å². The van der Waals surface area contributed by atoms with E-state index in [1.54, 1.807) is 12.1 Å². The molecule has 0 radical (unpaired) electrons. The van der Waals surface area contributed by atoms with Gasteiger partial charge in [0.2, 0.25) is 0 Å². The van der Waals surface area contributed by atoms with Crippen molar-refractivity contribution in [2.75, 3.05) is 0 Å². The first-order valence-electron chi connectivity index (χ1n) is 6.74. The van der Waals surface area contributed by atoms with Crippen molar-refractivity contribution >= 4 is 17.5 Å². The Labute approximate surface area is 136 Å². The van der Waals surface area contributed by atoms with Gasteiger partial charge in [-0.25, -0.2) is 4.39 Å². The fourth-order valence-corrected chi connectivity index (χ4v) is 2.02. The van der Waals surface area contributed by atoms with Gasteiger partial charge in [0.1, 0.15) is 5.82 Å². The molecule has 7 heteroatoms. The van der Waals surface area contributed by atoms with Crippen LogP contribution in [0.15, 0.2) is 53.1 Å². The van der Waals surface area contributed by atoms with Crippen LogP contribution in [0.3, 0.4) is 0 Å². The number of hydrogen-bond donors (Lipinski definition) is 1. The summed E-state index contributed by atoms with van der Waals surface area (Å²) in [4.78, 5) is 16.0. The van der Waals surface area contributed by atoms with Gasteiger partial charge in [0, 0.05) is 17.1 Å². The first-order chi connectivity index (χ1) is 11.1. The maximum atomic E-state index is 12.9. The highest BCUT2D eigenvalue weighted by Gasteiger charge is 2.15. The fraction of sp³-hybridized carbons (Fsp3) is 0.0625. The summed E-state index contributed by atoms with van der Waals surface area (Å²) in [5.74, 6) is -0.758. The molecule has 0 atom stereocenters. The van der Waals surface area contributed by atoms with E-state index in [4.69, 9.17) is 16.1 Å². The number of benzene rings is 2. The van der Waals surface area contributed by atoms with Crippen LogP contribution in [0.5, 0.6) is 0 Å². The van der Waals surface area contributed by atoms with Crippen molar-refractivity contribution in [3.05, 3.63) is 70.8 Å². The Kier molecular flexibility index (Phi) is 4.34. The third-order valence-electron chi connectivity index (χ3n) is 3.09. The zero-order valence-corrected chi connectivity index (χ0v) is 12.5. The third kappa shape index (κ3) is 3.73. The fourth-order valence-electron chi connectivity index (χ4n) is 1.89. The second-order valence-corrected chi connectivity index (χ2v) is 5.18. The summed E-state index contributed by atoms with van der Waals surface area (Å²) < 4.78 is 17.9. The third-order valence-corrected chi connectivity index (χ3v) is 3.34. The minimum atomic E-state index is -0.461. The number of nitrogens with zero attached hydrogens (tertiary/aromatic N) is 2. The van der Waals surface area contributed by atoms with Crippen LogP contribution in [-0.4, -0.2) is 16.0 Å². The van der Waals surface area contributed by atoms with Gasteiger partial charge in [-0.15, -0.1) is 0 Å². The summed E-state index contributed by atoms with van der Waals surface area (Å²) in [6.07, 6.45) is 0. The molecule has 0 aliphatic rings. The lowest BCUT2D eigenvalue weighted by Gasteiger charge is -2.02. The summed E-state index contributed by atoms with van der Waals surface area (Å²) in [7, 11) is 0. The predicted molar refractivity (Wildman–Crippen MR) is 82.3 cm³/mol. The molecule has 23 heavy (non-hydrogen) atoms. The quantitative estimate of drug-likeness (QED) is 0.795. The number of nitrogens with one attached hydrogen (secondary N) is 1. The van der Waals surface area contributed by atoms with Gasteiger partial charge in [-0.2, -0.15) is 4.98 Å². The topological polar surface area (TPSA) is 68.0 Å². The molecule has 3 aromatic rings. The maximum Gasteiger partial charge on any atom is 0.292 e. The molecule has 0 bridgehead atoms. The highest BCUT2D eigenvalue weighted by molar-refractivity contribution is 6.30. The molecule has 0 spiro atoms. The number of rotatable bonds is 4. The van der Waals surface area contributed by atoms with Crippen LogP contribution in [0.4, 0.5) is 4.39 Å². The SMILES string of the molecule is O=C(NCc1ccc(Cl)cc1)c1noc(-c2ccc(F)cc2)n1. The molecule has 116 valence electrons.